The molecular weight excluding hydrogens is 568 g/mol. The Morgan fingerprint density at radius 2 is 1.92 bits per heavy atom. The number of nitrogens with one attached hydrogen (secondary N) is 3. The quantitative estimate of drug-likeness (QED) is 0.266. The number of piperidine rings is 1. The van der Waals surface area contributed by atoms with Gasteiger partial charge in [0.05, 0.1) is 20.8 Å². The summed E-state index contributed by atoms with van der Waals surface area (Å²) >= 11 is 11.1. The van der Waals surface area contributed by atoms with Gasteiger partial charge in [-0.1, -0.05) is 47.2 Å². The largest absolute Gasteiger partial charge is 0.414 e. The molecule has 1 aliphatic rings. The molecule has 0 unspecified atom stereocenters. The Morgan fingerprint density at radius 3 is 2.69 bits per heavy atom. The Hall–Kier alpha value is -3.15. The number of rotatable bonds is 6. The first-order chi connectivity index (χ1) is 17.5. The van der Waals surface area contributed by atoms with Crippen LogP contribution in [0.3, 0.4) is 0 Å². The van der Waals surface area contributed by atoms with Gasteiger partial charge in [-0.2, -0.15) is 0 Å². The molecule has 12 heteroatoms. The van der Waals surface area contributed by atoms with Gasteiger partial charge in [-0.3, -0.25) is 9.89 Å². The summed E-state index contributed by atoms with van der Waals surface area (Å²) in [5, 5.41) is 13.5. The van der Waals surface area contributed by atoms with Crippen LogP contribution in [0.4, 0.5) is 15.7 Å². The highest BCUT2D eigenvalue weighted by Crippen LogP contribution is 2.32. The highest BCUT2D eigenvalue weighted by Gasteiger charge is 2.23. The van der Waals surface area contributed by atoms with Gasteiger partial charge in [0, 0.05) is 19.6 Å². The average molecular weight is 590 g/mol. The smallest absolute Gasteiger partial charge is 0.388 e. The summed E-state index contributed by atoms with van der Waals surface area (Å²) in [6, 6.07) is 14.8. The number of amides is 2. The van der Waals surface area contributed by atoms with Crippen molar-refractivity contribution in [2.45, 2.75) is 12.8 Å². The van der Waals surface area contributed by atoms with Crippen molar-refractivity contribution < 1.29 is 14.3 Å². The number of anilines is 2. The summed E-state index contributed by atoms with van der Waals surface area (Å²) in [6.45, 7) is 2.28. The third-order valence-corrected chi connectivity index (χ3v) is 8.09. The first-order valence-corrected chi connectivity index (χ1v) is 13.3. The molecule has 5 rings (SSSR count). The van der Waals surface area contributed by atoms with Crippen LogP contribution in [0.1, 0.15) is 23.2 Å². The van der Waals surface area contributed by atoms with Gasteiger partial charge in [0.25, 0.3) is 11.8 Å². The average Bonchev–Trinajstić information content (AvgIpc) is 3.47. The number of carbonyl (C=O) groups excluding carboxylic acids is 2. The Balaban J connectivity index is 1.09. The van der Waals surface area contributed by atoms with E-state index in [-0.39, 0.29) is 11.7 Å². The summed E-state index contributed by atoms with van der Waals surface area (Å²) in [6.07, 6.45) is 1.28. The maximum atomic E-state index is 12.5. The lowest BCUT2D eigenvalue weighted by Gasteiger charge is -2.31. The zero-order valence-electron chi connectivity index (χ0n) is 19.0. The van der Waals surface area contributed by atoms with E-state index in [0.717, 1.165) is 36.6 Å². The number of aromatic amines is 1. The third kappa shape index (κ3) is 5.48. The van der Waals surface area contributed by atoms with Crippen LogP contribution in [-0.2, 0) is 0 Å². The van der Waals surface area contributed by atoms with E-state index in [1.165, 1.54) is 4.70 Å². The Labute approximate surface area is 224 Å². The van der Waals surface area contributed by atoms with E-state index in [4.69, 9.17) is 21.3 Å². The SMILES string of the molecule is O=C(NCC1CCN(c2nc3ccccc3s2)CC1)Oc1n[nH]c(NC(=O)c2ccccc2Cl)c1Br. The summed E-state index contributed by atoms with van der Waals surface area (Å²) in [5.74, 6) is 0.201. The summed E-state index contributed by atoms with van der Waals surface area (Å²) < 4.78 is 6.83. The first kappa shape index (κ1) is 24.5. The van der Waals surface area contributed by atoms with Gasteiger partial charge in [-0.15, -0.1) is 5.10 Å². The van der Waals surface area contributed by atoms with Crippen molar-refractivity contribution in [3.63, 3.8) is 0 Å². The molecule has 1 saturated heterocycles. The number of carbonyl (C=O) groups is 2. The topological polar surface area (TPSA) is 112 Å². The van der Waals surface area contributed by atoms with E-state index in [2.05, 4.69) is 47.7 Å². The standard InChI is InChI=1S/C24H22BrClN6O3S/c25-19-20(29-21(33)15-5-1-2-6-16(15)26)30-31-22(19)35-24(34)27-13-14-9-11-32(12-10-14)23-28-17-7-3-4-8-18(17)36-23/h1-8,14H,9-13H2,(H,27,34)(H2,29,30,31,33). The van der Waals surface area contributed by atoms with Gasteiger partial charge in [0.15, 0.2) is 5.13 Å². The summed E-state index contributed by atoms with van der Waals surface area (Å²) in [4.78, 5) is 31.9. The summed E-state index contributed by atoms with van der Waals surface area (Å²) in [5.41, 5.74) is 1.34. The number of para-hydroxylation sites is 1. The second-order valence-electron chi connectivity index (χ2n) is 8.32. The number of halogens is 2. The number of fused-ring (bicyclic) bond motifs is 1. The minimum atomic E-state index is -0.611. The fourth-order valence-electron chi connectivity index (χ4n) is 3.96. The number of nitrogens with zero attached hydrogens (tertiary/aromatic N) is 3. The normalized spacial score (nSPS) is 14.1. The van der Waals surface area contributed by atoms with E-state index < -0.39 is 12.0 Å². The molecule has 2 aromatic heterocycles. The number of ether oxygens (including phenoxy) is 1. The lowest BCUT2D eigenvalue weighted by atomic mass is 9.97. The van der Waals surface area contributed by atoms with Crippen molar-refractivity contribution in [3.05, 3.63) is 63.6 Å². The lowest BCUT2D eigenvalue weighted by Crippen LogP contribution is -2.39. The lowest BCUT2D eigenvalue weighted by molar-refractivity contribution is 0.102. The maximum absolute atomic E-state index is 12.5. The van der Waals surface area contributed by atoms with Gasteiger partial charge in [0.1, 0.15) is 10.3 Å². The second-order valence-corrected chi connectivity index (χ2v) is 10.5. The minimum absolute atomic E-state index is 0.0209. The van der Waals surface area contributed by atoms with Crippen molar-refractivity contribution in [1.29, 1.82) is 0 Å². The monoisotopic (exact) mass is 588 g/mol. The number of hydrogen-bond acceptors (Lipinski definition) is 7. The molecule has 186 valence electrons. The van der Waals surface area contributed by atoms with E-state index in [1.807, 2.05) is 18.2 Å². The number of hydrogen-bond donors (Lipinski definition) is 3. The predicted octanol–water partition coefficient (Wildman–Crippen LogP) is 5.69. The molecule has 36 heavy (non-hydrogen) atoms. The highest BCUT2D eigenvalue weighted by molar-refractivity contribution is 9.10. The van der Waals surface area contributed by atoms with Crippen molar-refractivity contribution >= 4 is 72.0 Å². The molecule has 2 aromatic carbocycles. The maximum Gasteiger partial charge on any atom is 0.414 e. The highest BCUT2D eigenvalue weighted by atomic mass is 79.9. The van der Waals surface area contributed by atoms with Crippen LogP contribution in [0.5, 0.6) is 5.88 Å². The molecule has 0 atom stereocenters. The third-order valence-electron chi connectivity index (χ3n) is 5.93. The molecule has 0 radical (unpaired) electrons. The van der Waals surface area contributed by atoms with Crippen LogP contribution in [0.2, 0.25) is 5.02 Å². The molecule has 1 aliphatic heterocycles. The molecule has 3 N–H and O–H groups in total. The van der Waals surface area contributed by atoms with Gasteiger partial charge in [0.2, 0.25) is 0 Å². The van der Waals surface area contributed by atoms with Crippen LogP contribution in [0.25, 0.3) is 10.2 Å². The number of benzene rings is 2. The fourth-order valence-corrected chi connectivity index (χ4v) is 5.56. The van der Waals surface area contributed by atoms with E-state index >= 15 is 0 Å². The van der Waals surface area contributed by atoms with Gasteiger partial charge < -0.3 is 20.3 Å². The van der Waals surface area contributed by atoms with Crippen LogP contribution in [0, 0.1) is 5.92 Å². The molecular formula is C24H22BrClN6O3S. The summed E-state index contributed by atoms with van der Waals surface area (Å²) in [7, 11) is 0. The zero-order valence-corrected chi connectivity index (χ0v) is 22.1. The molecule has 0 spiro atoms. The fraction of sp³-hybridized carbons (Fsp3) is 0.250. The van der Waals surface area contributed by atoms with E-state index in [0.29, 0.717) is 27.5 Å². The number of thiazole rings is 1. The van der Waals surface area contributed by atoms with Crippen molar-refractivity contribution in [3.8, 4) is 5.88 Å². The van der Waals surface area contributed by atoms with Gasteiger partial charge in [-0.05, 0) is 59.0 Å². The van der Waals surface area contributed by atoms with Gasteiger partial charge >= 0.3 is 6.09 Å². The van der Waals surface area contributed by atoms with Crippen LogP contribution < -0.4 is 20.3 Å². The van der Waals surface area contributed by atoms with E-state index in [9.17, 15) is 9.59 Å². The Bertz CT molecular complexity index is 1370. The van der Waals surface area contributed by atoms with Crippen molar-refractivity contribution in [1.82, 2.24) is 20.5 Å². The molecule has 0 saturated carbocycles. The second kappa shape index (κ2) is 10.9. The Kier molecular flexibility index (Phi) is 7.40. The van der Waals surface area contributed by atoms with Crippen LogP contribution >= 0.6 is 38.9 Å². The molecule has 4 aromatic rings. The molecule has 0 aliphatic carbocycles. The molecule has 9 nitrogen and oxygen atoms in total. The van der Waals surface area contributed by atoms with Crippen molar-refractivity contribution in [2.24, 2.45) is 5.92 Å². The molecule has 0 bridgehead atoms. The first-order valence-electron chi connectivity index (χ1n) is 11.3. The van der Waals surface area contributed by atoms with Crippen LogP contribution in [0.15, 0.2) is 53.0 Å². The minimum Gasteiger partial charge on any atom is -0.388 e. The zero-order chi connectivity index (χ0) is 25.1. The van der Waals surface area contributed by atoms with E-state index in [1.54, 1.807) is 35.6 Å². The van der Waals surface area contributed by atoms with Crippen LogP contribution in [-0.4, -0.2) is 46.8 Å². The molecule has 1 fully saturated rings. The predicted molar refractivity (Wildman–Crippen MR) is 144 cm³/mol. The molecule has 3 heterocycles. The number of H-pyrrole nitrogens is 1. The molecule has 2 amide bonds. The number of aromatic nitrogens is 3. The van der Waals surface area contributed by atoms with Gasteiger partial charge in [-0.25, -0.2) is 9.78 Å². The Morgan fingerprint density at radius 1 is 1.17 bits per heavy atom. The van der Waals surface area contributed by atoms with Crippen molar-refractivity contribution in [2.75, 3.05) is 29.9 Å².